The van der Waals surface area contributed by atoms with Gasteiger partial charge in [-0.2, -0.15) is 12.6 Å². The number of thiol groups is 1. The Labute approximate surface area is 131 Å². The lowest BCUT2D eigenvalue weighted by atomic mass is 10.0. The molecule has 0 radical (unpaired) electrons. The molecule has 0 aliphatic heterocycles. The number of hydrogen-bond acceptors (Lipinski definition) is 2. The predicted molar refractivity (Wildman–Crippen MR) is 95.5 cm³/mol. The van der Waals surface area contributed by atoms with Crippen LogP contribution in [0.4, 0.5) is 0 Å². The van der Waals surface area contributed by atoms with Crippen molar-refractivity contribution in [2.45, 2.75) is 20.8 Å². The molecule has 0 amide bonds. The van der Waals surface area contributed by atoms with Crippen LogP contribution < -0.4 is 0 Å². The van der Waals surface area contributed by atoms with Crippen molar-refractivity contribution in [1.29, 1.82) is 0 Å². The molecule has 0 unspecified atom stereocenters. The van der Waals surface area contributed by atoms with Gasteiger partial charge in [0.05, 0.1) is 0 Å². The first-order chi connectivity index (χ1) is 10.3. The average molecular weight is 296 g/mol. The van der Waals surface area contributed by atoms with E-state index in [1.807, 2.05) is 45.4 Å². The molecule has 0 aliphatic rings. The zero-order chi connectivity index (χ0) is 15.2. The Morgan fingerprint density at radius 1 is 1.19 bits per heavy atom. The topological polar surface area (TPSA) is 28.7 Å². The fourth-order valence-corrected chi connectivity index (χ4v) is 2.34. The molecule has 0 aliphatic carbocycles. The van der Waals surface area contributed by atoms with E-state index in [0.717, 1.165) is 22.2 Å². The monoisotopic (exact) mass is 296 g/mol. The van der Waals surface area contributed by atoms with E-state index in [0.29, 0.717) is 0 Å². The van der Waals surface area contributed by atoms with Crippen molar-refractivity contribution in [1.82, 2.24) is 9.97 Å². The molecule has 1 aromatic carbocycles. The SMILES string of the molecule is C/C(=C\S)c1cncc(-c2c[nH]c3ccccc23)c1.CC. The molecule has 0 fully saturated rings. The molecular weight excluding hydrogens is 276 g/mol. The van der Waals surface area contributed by atoms with Crippen LogP contribution in [0.2, 0.25) is 0 Å². The highest BCUT2D eigenvalue weighted by molar-refractivity contribution is 7.83. The number of rotatable bonds is 2. The van der Waals surface area contributed by atoms with Gasteiger partial charge in [-0.05, 0) is 35.6 Å². The van der Waals surface area contributed by atoms with Crippen LogP contribution >= 0.6 is 12.6 Å². The zero-order valence-corrected chi connectivity index (χ0v) is 13.5. The van der Waals surface area contributed by atoms with Gasteiger partial charge >= 0.3 is 0 Å². The van der Waals surface area contributed by atoms with E-state index in [9.17, 15) is 0 Å². The molecule has 1 N–H and O–H groups in total. The van der Waals surface area contributed by atoms with Gasteiger partial charge in [0.15, 0.2) is 0 Å². The summed E-state index contributed by atoms with van der Waals surface area (Å²) < 4.78 is 0. The Kier molecular flexibility index (Phi) is 5.23. The zero-order valence-electron chi connectivity index (χ0n) is 12.6. The summed E-state index contributed by atoms with van der Waals surface area (Å²) in [6.07, 6.45) is 5.79. The number of nitrogens with one attached hydrogen (secondary N) is 1. The highest BCUT2D eigenvalue weighted by Crippen LogP contribution is 2.29. The molecule has 3 aromatic rings. The summed E-state index contributed by atoms with van der Waals surface area (Å²) in [6, 6.07) is 10.4. The number of para-hydroxylation sites is 1. The lowest BCUT2D eigenvalue weighted by molar-refractivity contribution is 1.31. The molecule has 0 bridgehead atoms. The smallest absolute Gasteiger partial charge is 0.0460 e. The first-order valence-corrected chi connectivity index (χ1v) is 7.64. The van der Waals surface area contributed by atoms with Crippen molar-refractivity contribution in [2.75, 3.05) is 0 Å². The standard InChI is InChI=1S/C16H14N2S.C2H6/c1-11(10-19)12-6-13(8-17-7-12)15-9-18-16-5-3-2-4-14(15)16;1-2/h2-10,18-19H,1H3;1-2H3/b11-10+;. The molecule has 2 nitrogen and oxygen atoms in total. The molecule has 108 valence electrons. The fraction of sp³-hybridized carbons (Fsp3) is 0.167. The summed E-state index contributed by atoms with van der Waals surface area (Å²) in [5.74, 6) is 0. The van der Waals surface area contributed by atoms with Crippen LogP contribution in [-0.2, 0) is 0 Å². The summed E-state index contributed by atoms with van der Waals surface area (Å²) in [5.41, 5.74) is 5.64. The number of aromatic nitrogens is 2. The number of allylic oxidation sites excluding steroid dienone is 1. The number of aromatic amines is 1. The second-order valence-corrected chi connectivity index (χ2v) is 4.78. The van der Waals surface area contributed by atoms with Gasteiger partial charge in [0.25, 0.3) is 0 Å². The summed E-state index contributed by atoms with van der Waals surface area (Å²) in [6.45, 7) is 6.03. The van der Waals surface area contributed by atoms with E-state index >= 15 is 0 Å². The number of benzene rings is 1. The summed E-state index contributed by atoms with van der Waals surface area (Å²) in [4.78, 5) is 7.62. The maximum atomic E-state index is 4.33. The van der Waals surface area contributed by atoms with Crippen molar-refractivity contribution in [3.05, 3.63) is 59.9 Å². The van der Waals surface area contributed by atoms with Gasteiger partial charge in [-0.1, -0.05) is 32.0 Å². The van der Waals surface area contributed by atoms with E-state index in [2.05, 4.69) is 46.9 Å². The molecule has 3 rings (SSSR count). The van der Waals surface area contributed by atoms with E-state index in [1.54, 1.807) is 5.41 Å². The third-order valence-electron chi connectivity index (χ3n) is 3.29. The Balaban J connectivity index is 0.000000774. The maximum Gasteiger partial charge on any atom is 0.0460 e. The van der Waals surface area contributed by atoms with Gasteiger partial charge in [-0.15, -0.1) is 0 Å². The van der Waals surface area contributed by atoms with Crippen LogP contribution in [0.25, 0.3) is 27.6 Å². The minimum atomic E-state index is 1.10. The number of H-pyrrole nitrogens is 1. The predicted octanol–water partition coefficient (Wildman–Crippen LogP) is 5.55. The maximum absolute atomic E-state index is 4.33. The molecule has 2 heterocycles. The summed E-state index contributed by atoms with van der Waals surface area (Å²) in [5, 5.41) is 3.02. The van der Waals surface area contributed by atoms with E-state index in [-0.39, 0.29) is 0 Å². The third kappa shape index (κ3) is 3.19. The van der Waals surface area contributed by atoms with Gasteiger partial charge in [0, 0.05) is 40.6 Å². The third-order valence-corrected chi connectivity index (χ3v) is 3.67. The normalized spacial score (nSPS) is 11.1. The minimum Gasteiger partial charge on any atom is -0.361 e. The molecule has 3 heteroatoms. The Morgan fingerprint density at radius 3 is 2.71 bits per heavy atom. The van der Waals surface area contributed by atoms with Crippen molar-refractivity contribution in [3.8, 4) is 11.1 Å². The first kappa shape index (κ1) is 15.4. The Morgan fingerprint density at radius 2 is 1.95 bits per heavy atom. The highest BCUT2D eigenvalue weighted by atomic mass is 32.1. The molecule has 21 heavy (non-hydrogen) atoms. The number of hydrogen-bond donors (Lipinski definition) is 2. The number of pyridine rings is 1. The van der Waals surface area contributed by atoms with Crippen LogP contribution in [0.3, 0.4) is 0 Å². The lowest BCUT2D eigenvalue weighted by Gasteiger charge is -2.04. The van der Waals surface area contributed by atoms with Crippen molar-refractivity contribution in [3.63, 3.8) is 0 Å². The minimum absolute atomic E-state index is 1.10. The van der Waals surface area contributed by atoms with E-state index < -0.39 is 0 Å². The largest absolute Gasteiger partial charge is 0.361 e. The quantitative estimate of drug-likeness (QED) is 0.597. The van der Waals surface area contributed by atoms with Gasteiger partial charge in [-0.25, -0.2) is 0 Å². The second-order valence-electron chi connectivity index (χ2n) is 4.52. The van der Waals surface area contributed by atoms with Crippen LogP contribution in [0.5, 0.6) is 0 Å². The molecule has 0 atom stereocenters. The molecule has 0 saturated carbocycles. The molecule has 0 spiro atoms. The summed E-state index contributed by atoms with van der Waals surface area (Å²) in [7, 11) is 0. The van der Waals surface area contributed by atoms with E-state index in [4.69, 9.17) is 0 Å². The Bertz CT molecular complexity index is 757. The van der Waals surface area contributed by atoms with E-state index in [1.165, 1.54) is 10.9 Å². The first-order valence-electron chi connectivity index (χ1n) is 7.12. The van der Waals surface area contributed by atoms with Crippen molar-refractivity contribution in [2.24, 2.45) is 0 Å². The second kappa shape index (κ2) is 7.14. The van der Waals surface area contributed by atoms with Gasteiger partial charge in [0.1, 0.15) is 0 Å². The van der Waals surface area contributed by atoms with Crippen LogP contribution in [0, 0.1) is 0 Å². The molecule has 2 aromatic heterocycles. The van der Waals surface area contributed by atoms with Gasteiger partial charge in [0.2, 0.25) is 0 Å². The van der Waals surface area contributed by atoms with Crippen LogP contribution in [0.15, 0.2) is 54.3 Å². The highest BCUT2D eigenvalue weighted by Gasteiger charge is 2.07. The number of nitrogens with zero attached hydrogens (tertiary/aromatic N) is 1. The molecular formula is C18H20N2S. The van der Waals surface area contributed by atoms with Gasteiger partial charge < -0.3 is 4.98 Å². The lowest BCUT2D eigenvalue weighted by Crippen LogP contribution is -1.84. The van der Waals surface area contributed by atoms with Crippen LogP contribution in [-0.4, -0.2) is 9.97 Å². The average Bonchev–Trinajstić information content (AvgIpc) is 3.00. The van der Waals surface area contributed by atoms with Crippen molar-refractivity contribution < 1.29 is 0 Å². The van der Waals surface area contributed by atoms with Crippen LogP contribution in [0.1, 0.15) is 26.3 Å². The van der Waals surface area contributed by atoms with Gasteiger partial charge in [-0.3, -0.25) is 4.98 Å². The fourth-order valence-electron chi connectivity index (χ4n) is 2.19. The number of fused-ring (bicyclic) bond motifs is 1. The Hall–Kier alpha value is -2.00. The molecule has 0 saturated heterocycles. The summed E-state index contributed by atoms with van der Waals surface area (Å²) >= 11 is 4.20. The van der Waals surface area contributed by atoms with Crippen molar-refractivity contribution >= 4 is 29.1 Å².